The summed E-state index contributed by atoms with van der Waals surface area (Å²) in [4.78, 5) is 11.4. The first-order chi connectivity index (χ1) is 13.2. The van der Waals surface area contributed by atoms with Crippen LogP contribution < -0.4 is 5.32 Å². The highest BCUT2D eigenvalue weighted by atomic mass is 16.6. The van der Waals surface area contributed by atoms with Gasteiger partial charge in [0, 0.05) is 12.8 Å². The van der Waals surface area contributed by atoms with Gasteiger partial charge in [-0.15, -0.1) is 0 Å². The van der Waals surface area contributed by atoms with Crippen LogP contribution in [0.3, 0.4) is 0 Å². The minimum absolute atomic E-state index is 0.0791. The van der Waals surface area contributed by atoms with E-state index in [2.05, 4.69) is 5.32 Å². The van der Waals surface area contributed by atoms with Crippen molar-refractivity contribution in [2.24, 2.45) is 5.92 Å². The fraction of sp³-hybridized carbons (Fsp3) is 0.941. The van der Waals surface area contributed by atoms with Crippen molar-refractivity contribution in [3.63, 3.8) is 0 Å². The predicted molar refractivity (Wildman–Crippen MR) is 93.1 cm³/mol. The van der Waals surface area contributed by atoms with Crippen LogP contribution in [-0.4, -0.2) is 118 Å². The van der Waals surface area contributed by atoms with E-state index in [-0.39, 0.29) is 25.7 Å². The highest BCUT2D eigenvalue weighted by Crippen LogP contribution is 2.27. The fourth-order valence-electron chi connectivity index (χ4n) is 3.68. The molecule has 2 heterocycles. The number of aliphatic hydroxyl groups is 6. The van der Waals surface area contributed by atoms with Gasteiger partial charge in [-0.2, -0.15) is 0 Å². The second-order valence-corrected chi connectivity index (χ2v) is 7.35. The van der Waals surface area contributed by atoms with Gasteiger partial charge in [-0.25, -0.2) is 0 Å². The molecule has 0 bridgehead atoms. The van der Waals surface area contributed by atoms with Crippen molar-refractivity contribution in [1.82, 2.24) is 5.32 Å². The number of carbonyl (C=O) groups is 1. The van der Waals surface area contributed by atoms with E-state index < -0.39 is 67.4 Å². The summed E-state index contributed by atoms with van der Waals surface area (Å²) in [6.45, 7) is 1.83. The predicted octanol–water partition coefficient (Wildman–Crippen LogP) is -3.89. The summed E-state index contributed by atoms with van der Waals surface area (Å²) >= 11 is 0. The minimum atomic E-state index is -1.50. The largest absolute Gasteiger partial charge is 0.394 e. The van der Waals surface area contributed by atoms with Crippen molar-refractivity contribution < 1.29 is 49.6 Å². The van der Waals surface area contributed by atoms with Crippen LogP contribution in [0.25, 0.3) is 0 Å². The van der Waals surface area contributed by atoms with E-state index in [0.29, 0.717) is 0 Å². The van der Waals surface area contributed by atoms with Gasteiger partial charge < -0.3 is 50.2 Å². The van der Waals surface area contributed by atoms with Crippen LogP contribution in [0.4, 0.5) is 0 Å². The molecule has 0 aromatic heterocycles. The van der Waals surface area contributed by atoms with Gasteiger partial charge in [0.25, 0.3) is 0 Å². The molecule has 0 spiro atoms. The summed E-state index contributed by atoms with van der Waals surface area (Å²) in [5.74, 6) is -0.995. The number of ether oxygens (including phenoxy) is 3. The number of hydrogen-bond acceptors (Lipinski definition) is 10. The Hall–Kier alpha value is -0.890. The lowest BCUT2D eigenvalue weighted by Crippen LogP contribution is -2.62. The Labute approximate surface area is 162 Å². The van der Waals surface area contributed by atoms with Gasteiger partial charge in [0.1, 0.15) is 30.5 Å². The van der Waals surface area contributed by atoms with Gasteiger partial charge in [-0.1, -0.05) is 0 Å². The maximum absolute atomic E-state index is 11.4. The lowest BCUT2D eigenvalue weighted by molar-refractivity contribution is -0.242. The molecule has 0 radical (unpaired) electrons. The van der Waals surface area contributed by atoms with Gasteiger partial charge in [0.05, 0.1) is 50.8 Å². The zero-order valence-electron chi connectivity index (χ0n) is 15.9. The molecule has 7 N–H and O–H groups in total. The molecule has 2 aliphatic rings. The number of nitrogens with one attached hydrogen (secondary N) is 1. The molecule has 10 unspecified atom stereocenters. The first kappa shape index (κ1) is 23.4. The Morgan fingerprint density at radius 2 is 1.50 bits per heavy atom. The smallest absolute Gasteiger partial charge is 0.217 e. The average molecular weight is 409 g/mol. The van der Waals surface area contributed by atoms with Crippen LogP contribution >= 0.6 is 0 Å². The molecule has 10 atom stereocenters. The molecule has 2 rings (SSSR count). The molecule has 1 amide bonds. The molecule has 0 saturated carbocycles. The molecular formula is C17H31NO10. The van der Waals surface area contributed by atoms with Crippen LogP contribution in [0.1, 0.15) is 13.8 Å². The van der Waals surface area contributed by atoms with Crippen molar-refractivity contribution in [2.75, 3.05) is 26.4 Å². The molecular weight excluding hydrogens is 378 g/mol. The molecule has 0 aromatic carbocycles. The maximum atomic E-state index is 11.4. The van der Waals surface area contributed by atoms with Gasteiger partial charge in [-0.3, -0.25) is 4.79 Å². The van der Waals surface area contributed by atoms with E-state index in [4.69, 9.17) is 14.2 Å². The topological polar surface area (TPSA) is 178 Å². The molecule has 11 nitrogen and oxygen atoms in total. The van der Waals surface area contributed by atoms with Gasteiger partial charge >= 0.3 is 0 Å². The number of aliphatic hydroxyl groups excluding tert-OH is 6. The molecule has 2 saturated heterocycles. The summed E-state index contributed by atoms with van der Waals surface area (Å²) in [6.07, 6.45) is -8.70. The molecule has 11 heteroatoms. The summed E-state index contributed by atoms with van der Waals surface area (Å²) < 4.78 is 16.6. The van der Waals surface area contributed by atoms with E-state index >= 15 is 0 Å². The molecule has 0 aliphatic carbocycles. The van der Waals surface area contributed by atoms with Crippen LogP contribution in [0, 0.1) is 5.92 Å². The van der Waals surface area contributed by atoms with Gasteiger partial charge in [0.2, 0.25) is 5.91 Å². The number of rotatable bonds is 7. The standard InChI is InChI=1S/C17H31NO10/c1-7-13(18-8(2)21)14(22)9(10(3-19)27-7)5-26-6-12-16(24)17(25)15(23)11(4-20)28-12/h7,9-17,19-20,22-25H,3-6H2,1-2H3,(H,18,21). The van der Waals surface area contributed by atoms with Crippen molar-refractivity contribution in [3.8, 4) is 0 Å². The Morgan fingerprint density at radius 3 is 2.07 bits per heavy atom. The van der Waals surface area contributed by atoms with Gasteiger partial charge in [-0.05, 0) is 6.92 Å². The Morgan fingerprint density at radius 1 is 0.893 bits per heavy atom. The zero-order chi connectivity index (χ0) is 21.0. The van der Waals surface area contributed by atoms with Crippen LogP contribution in [0.2, 0.25) is 0 Å². The fourth-order valence-corrected chi connectivity index (χ4v) is 3.68. The van der Waals surface area contributed by atoms with Crippen molar-refractivity contribution >= 4 is 5.91 Å². The summed E-state index contributed by atoms with van der Waals surface area (Å²) in [5.41, 5.74) is 0. The zero-order valence-corrected chi connectivity index (χ0v) is 15.9. The molecule has 0 aromatic rings. The SMILES string of the molecule is CC(=O)NC1C(C)OC(CO)C(COCC2OC(CO)C(O)C(O)C2O)C1O. The Bertz CT molecular complexity index is 506. The summed E-state index contributed by atoms with van der Waals surface area (Å²) in [5, 5.41) is 61.6. The minimum Gasteiger partial charge on any atom is -0.394 e. The first-order valence-corrected chi connectivity index (χ1v) is 9.31. The lowest BCUT2D eigenvalue weighted by Gasteiger charge is -2.44. The van der Waals surface area contributed by atoms with Gasteiger partial charge in [0.15, 0.2) is 0 Å². The van der Waals surface area contributed by atoms with Crippen molar-refractivity contribution in [3.05, 3.63) is 0 Å². The number of amides is 1. The first-order valence-electron chi connectivity index (χ1n) is 9.31. The highest BCUT2D eigenvalue weighted by Gasteiger charge is 2.45. The summed E-state index contributed by atoms with van der Waals surface area (Å²) in [7, 11) is 0. The maximum Gasteiger partial charge on any atom is 0.217 e. The molecule has 2 aliphatic heterocycles. The van der Waals surface area contributed by atoms with E-state index in [1.807, 2.05) is 0 Å². The van der Waals surface area contributed by atoms with Crippen LogP contribution in [-0.2, 0) is 19.0 Å². The van der Waals surface area contributed by atoms with E-state index in [0.717, 1.165) is 0 Å². The van der Waals surface area contributed by atoms with Crippen LogP contribution in [0.5, 0.6) is 0 Å². The quantitative estimate of drug-likeness (QED) is 0.220. The van der Waals surface area contributed by atoms with E-state index in [9.17, 15) is 35.4 Å². The van der Waals surface area contributed by atoms with Crippen LogP contribution in [0.15, 0.2) is 0 Å². The molecule has 164 valence electrons. The third-order valence-corrected chi connectivity index (χ3v) is 5.31. The lowest BCUT2D eigenvalue weighted by atomic mass is 9.86. The Balaban J connectivity index is 1.96. The third-order valence-electron chi connectivity index (χ3n) is 5.31. The monoisotopic (exact) mass is 409 g/mol. The van der Waals surface area contributed by atoms with E-state index in [1.165, 1.54) is 6.92 Å². The Kier molecular flexibility index (Phi) is 8.55. The number of hydrogen-bond donors (Lipinski definition) is 7. The number of carbonyl (C=O) groups excluding carboxylic acids is 1. The third kappa shape index (κ3) is 5.17. The average Bonchev–Trinajstić information content (AvgIpc) is 2.66. The molecule has 28 heavy (non-hydrogen) atoms. The highest BCUT2D eigenvalue weighted by molar-refractivity contribution is 5.73. The normalized spacial score (nSPS) is 44.3. The van der Waals surface area contributed by atoms with Crippen molar-refractivity contribution in [1.29, 1.82) is 0 Å². The summed E-state index contributed by atoms with van der Waals surface area (Å²) in [6, 6.07) is -0.679. The second kappa shape index (κ2) is 10.2. The molecule has 2 fully saturated rings. The second-order valence-electron chi connectivity index (χ2n) is 7.35. The van der Waals surface area contributed by atoms with Crippen molar-refractivity contribution in [2.45, 2.75) is 68.7 Å². The van der Waals surface area contributed by atoms with E-state index in [1.54, 1.807) is 6.92 Å².